The molecule has 0 aromatic heterocycles. The van der Waals surface area contributed by atoms with Crippen LogP contribution in [-0.2, 0) is 24.5 Å². The molecule has 4 rings (SSSR count). The second kappa shape index (κ2) is 13.0. The minimum Gasteiger partial charge on any atom is -0.457 e. The van der Waals surface area contributed by atoms with Gasteiger partial charge in [0.05, 0.1) is 0 Å². The summed E-state index contributed by atoms with van der Waals surface area (Å²) in [6.45, 7) is 8.32. The van der Waals surface area contributed by atoms with Gasteiger partial charge in [-0.1, -0.05) is 30.3 Å². The second-order valence-corrected chi connectivity index (χ2v) is 11.0. The molecule has 1 saturated carbocycles. The van der Waals surface area contributed by atoms with Gasteiger partial charge in [-0.05, 0) is 73.7 Å². The van der Waals surface area contributed by atoms with Crippen molar-refractivity contribution in [2.24, 2.45) is 0 Å². The summed E-state index contributed by atoms with van der Waals surface area (Å²) < 4.78 is 53.3. The van der Waals surface area contributed by atoms with Gasteiger partial charge in [-0.15, -0.1) is 19.8 Å². The highest BCUT2D eigenvalue weighted by Gasteiger charge is 2.60. The highest BCUT2D eigenvalue weighted by Crippen LogP contribution is 2.54. The van der Waals surface area contributed by atoms with Gasteiger partial charge in [0.15, 0.2) is 0 Å². The predicted molar refractivity (Wildman–Crippen MR) is 153 cm³/mol. The van der Waals surface area contributed by atoms with E-state index in [0.29, 0.717) is 56.6 Å². The third-order valence-corrected chi connectivity index (χ3v) is 7.94. The average Bonchev–Trinajstić information content (AvgIpc) is 2.91. The zero-order valence-electron chi connectivity index (χ0n) is 24.1. The molecule has 0 radical (unpaired) electrons. The molecule has 230 valence electrons. The number of esters is 2. The van der Waals surface area contributed by atoms with Gasteiger partial charge in [-0.25, -0.2) is 0 Å². The summed E-state index contributed by atoms with van der Waals surface area (Å²) >= 11 is 0. The smallest absolute Gasteiger partial charge is 0.457 e. The van der Waals surface area contributed by atoms with Gasteiger partial charge in [-0.2, -0.15) is 0 Å². The number of amides is 1. The largest absolute Gasteiger partial charge is 0.573 e. The van der Waals surface area contributed by atoms with Crippen molar-refractivity contribution in [2.45, 2.75) is 63.0 Å². The highest BCUT2D eigenvalue weighted by atomic mass is 19.4. The van der Waals surface area contributed by atoms with E-state index in [0.717, 1.165) is 5.56 Å². The summed E-state index contributed by atoms with van der Waals surface area (Å²) in [5.74, 6) is -1.30. The fourth-order valence-corrected chi connectivity index (χ4v) is 6.41. The minimum absolute atomic E-state index is 0.302. The highest BCUT2D eigenvalue weighted by molar-refractivity contribution is 5.92. The fraction of sp³-hybridized carbons (Fsp3) is 0.406. The Labute approximate surface area is 248 Å². The van der Waals surface area contributed by atoms with Gasteiger partial charge < -0.3 is 19.5 Å². The van der Waals surface area contributed by atoms with Crippen molar-refractivity contribution in [3.8, 4) is 11.5 Å². The van der Waals surface area contributed by atoms with Crippen molar-refractivity contribution in [3.63, 3.8) is 0 Å². The molecule has 1 amide bonds. The van der Waals surface area contributed by atoms with Crippen molar-refractivity contribution >= 4 is 23.9 Å². The maximum Gasteiger partial charge on any atom is 0.573 e. The van der Waals surface area contributed by atoms with E-state index in [2.05, 4.69) is 21.5 Å². The Morgan fingerprint density at radius 1 is 1.07 bits per heavy atom. The molecule has 1 aliphatic heterocycles. The van der Waals surface area contributed by atoms with Crippen LogP contribution in [0.4, 0.5) is 13.2 Å². The zero-order valence-corrected chi connectivity index (χ0v) is 24.1. The molecule has 1 aliphatic carbocycles. The molecule has 43 heavy (non-hydrogen) atoms. The summed E-state index contributed by atoms with van der Waals surface area (Å²) in [4.78, 5) is 39.4. The van der Waals surface area contributed by atoms with Gasteiger partial charge in [0.25, 0.3) is 0 Å². The third-order valence-electron chi connectivity index (χ3n) is 7.94. The van der Waals surface area contributed by atoms with Crippen LogP contribution in [0.15, 0.2) is 67.3 Å². The molecule has 3 atom stereocenters. The summed E-state index contributed by atoms with van der Waals surface area (Å²) in [5, 5.41) is 3.03. The number of hydrogen-bond acceptors (Lipinski definition) is 7. The molecule has 1 saturated heterocycles. The number of rotatable bonds is 9. The standard InChI is InChI=1S/C32H35F3N2O6/c1-4-16-37-17-15-30(25-8-6-9-27(19-25)41-22(2)38)20-26(13-14-31(30,21-37)42-23(3)39)36-29(40)12-11-24-7-5-10-28(18-24)43-32(33,34)35/h4-12,18-19,26H,1,13-17,20-21H2,2-3H3,(H,36,40). The van der Waals surface area contributed by atoms with Crippen LogP contribution in [0, 0.1) is 0 Å². The van der Waals surface area contributed by atoms with E-state index in [1.54, 1.807) is 30.3 Å². The third kappa shape index (κ3) is 7.84. The van der Waals surface area contributed by atoms with E-state index in [-0.39, 0.29) is 11.8 Å². The van der Waals surface area contributed by atoms with Crippen LogP contribution >= 0.6 is 0 Å². The van der Waals surface area contributed by atoms with E-state index >= 15 is 0 Å². The Hall–Kier alpha value is -4.12. The molecule has 8 nitrogen and oxygen atoms in total. The summed E-state index contributed by atoms with van der Waals surface area (Å²) in [6.07, 6.45) is 1.69. The van der Waals surface area contributed by atoms with E-state index < -0.39 is 35.2 Å². The van der Waals surface area contributed by atoms with Crippen LogP contribution in [0.3, 0.4) is 0 Å². The second-order valence-electron chi connectivity index (χ2n) is 11.0. The van der Waals surface area contributed by atoms with Crippen LogP contribution in [0.1, 0.15) is 50.7 Å². The SMILES string of the molecule is C=CCN1CCC2(c3cccc(OC(C)=O)c3)CC(NC(=O)C=Cc3cccc(OC(F)(F)F)c3)CCC2(OC(C)=O)C1. The number of ether oxygens (including phenoxy) is 3. The number of nitrogens with one attached hydrogen (secondary N) is 1. The maximum atomic E-state index is 13.0. The van der Waals surface area contributed by atoms with Crippen LogP contribution in [-0.4, -0.2) is 60.4 Å². The Kier molecular flexibility index (Phi) is 9.64. The Morgan fingerprint density at radius 2 is 1.81 bits per heavy atom. The van der Waals surface area contributed by atoms with Gasteiger partial charge in [0, 0.05) is 44.5 Å². The fourth-order valence-electron chi connectivity index (χ4n) is 6.41. The van der Waals surface area contributed by atoms with Gasteiger partial charge in [-0.3, -0.25) is 19.3 Å². The van der Waals surface area contributed by atoms with E-state index in [4.69, 9.17) is 9.47 Å². The number of nitrogens with zero attached hydrogens (tertiary/aromatic N) is 1. The van der Waals surface area contributed by atoms with Crippen LogP contribution in [0.25, 0.3) is 6.08 Å². The normalized spacial score (nSPS) is 24.1. The molecule has 2 aliphatic rings. The number of alkyl halides is 3. The lowest BCUT2D eigenvalue weighted by Gasteiger charge is -2.59. The number of halogens is 3. The van der Waals surface area contributed by atoms with Gasteiger partial charge >= 0.3 is 18.3 Å². The number of hydrogen-bond donors (Lipinski definition) is 1. The van der Waals surface area contributed by atoms with E-state index in [1.807, 2.05) is 6.07 Å². The van der Waals surface area contributed by atoms with Crippen molar-refractivity contribution in [1.82, 2.24) is 10.2 Å². The molecule has 2 fully saturated rings. The van der Waals surface area contributed by atoms with E-state index in [1.165, 1.54) is 44.2 Å². The number of fused-ring (bicyclic) bond motifs is 1. The lowest BCUT2D eigenvalue weighted by Crippen LogP contribution is -2.68. The first-order valence-corrected chi connectivity index (χ1v) is 14.0. The van der Waals surface area contributed by atoms with Crippen molar-refractivity contribution in [1.29, 1.82) is 0 Å². The number of carbonyl (C=O) groups excluding carboxylic acids is 3. The number of benzene rings is 2. The topological polar surface area (TPSA) is 94.2 Å². The molecular weight excluding hydrogens is 565 g/mol. The molecule has 2 aromatic rings. The summed E-state index contributed by atoms with van der Waals surface area (Å²) in [6, 6.07) is 12.2. The predicted octanol–water partition coefficient (Wildman–Crippen LogP) is 5.32. The molecular formula is C32H35F3N2O6. The van der Waals surface area contributed by atoms with Crippen molar-refractivity contribution in [2.75, 3.05) is 19.6 Å². The Bertz CT molecular complexity index is 1390. The first-order chi connectivity index (χ1) is 20.3. The van der Waals surface area contributed by atoms with Crippen molar-refractivity contribution < 1.29 is 41.8 Å². The molecule has 0 spiro atoms. The molecule has 3 unspecified atom stereocenters. The number of likely N-dealkylation sites (tertiary alicyclic amines) is 1. The number of carbonyl (C=O) groups is 3. The zero-order chi connectivity index (χ0) is 31.3. The van der Waals surface area contributed by atoms with Crippen LogP contribution < -0.4 is 14.8 Å². The molecule has 11 heteroatoms. The first-order valence-electron chi connectivity index (χ1n) is 14.0. The Morgan fingerprint density at radius 3 is 2.51 bits per heavy atom. The molecule has 1 heterocycles. The van der Waals surface area contributed by atoms with Crippen LogP contribution in [0.5, 0.6) is 11.5 Å². The minimum atomic E-state index is -4.82. The summed E-state index contributed by atoms with van der Waals surface area (Å²) in [5.41, 5.74) is -0.426. The summed E-state index contributed by atoms with van der Waals surface area (Å²) in [7, 11) is 0. The lowest BCUT2D eigenvalue weighted by atomic mass is 9.55. The van der Waals surface area contributed by atoms with Gasteiger partial charge in [0.1, 0.15) is 17.1 Å². The van der Waals surface area contributed by atoms with E-state index in [9.17, 15) is 27.6 Å². The molecule has 0 bridgehead atoms. The Balaban J connectivity index is 1.62. The van der Waals surface area contributed by atoms with Crippen molar-refractivity contribution in [3.05, 3.63) is 78.4 Å². The lowest BCUT2D eigenvalue weighted by molar-refractivity contribution is -0.274. The maximum absolute atomic E-state index is 13.0. The molecule has 1 N–H and O–H groups in total. The van der Waals surface area contributed by atoms with Gasteiger partial charge in [0.2, 0.25) is 5.91 Å². The quantitative estimate of drug-likeness (QED) is 0.180. The monoisotopic (exact) mass is 600 g/mol. The average molecular weight is 601 g/mol. The van der Waals surface area contributed by atoms with Crippen LogP contribution in [0.2, 0.25) is 0 Å². The first kappa shape index (κ1) is 31.8. The number of piperidine rings is 1. The molecule has 2 aromatic carbocycles.